The van der Waals surface area contributed by atoms with Crippen molar-refractivity contribution in [3.8, 4) is 0 Å². The Balaban J connectivity index is 4.58. The Labute approximate surface area is 116 Å². The largest absolute Gasteiger partial charge is 0.312 e. The van der Waals surface area contributed by atoms with Gasteiger partial charge in [-0.25, -0.2) is 0 Å². The van der Waals surface area contributed by atoms with E-state index in [0.717, 1.165) is 24.9 Å². The van der Waals surface area contributed by atoms with Gasteiger partial charge in [-0.1, -0.05) is 55.4 Å². The molecule has 0 bridgehead atoms. The molecule has 2 heteroatoms. The standard InChI is InChI=1S/C16H36N2/c1-9-17-15(16(6,7)8)12-18(10-13(2)3)11-14(4)5/h13-15,17H,9-12H2,1-8H3. The Morgan fingerprint density at radius 3 is 1.61 bits per heavy atom. The fraction of sp³-hybridized carbons (Fsp3) is 1.00. The third-order valence-electron chi connectivity index (χ3n) is 3.18. The van der Waals surface area contributed by atoms with Crippen LogP contribution in [0.5, 0.6) is 0 Å². The van der Waals surface area contributed by atoms with E-state index >= 15 is 0 Å². The lowest BCUT2D eigenvalue weighted by Crippen LogP contribution is -2.50. The number of likely N-dealkylation sites (N-methyl/N-ethyl adjacent to an activating group) is 1. The van der Waals surface area contributed by atoms with E-state index in [4.69, 9.17) is 0 Å². The summed E-state index contributed by atoms with van der Waals surface area (Å²) < 4.78 is 0. The zero-order valence-corrected chi connectivity index (χ0v) is 14.0. The lowest BCUT2D eigenvalue weighted by atomic mass is 9.86. The highest BCUT2D eigenvalue weighted by Gasteiger charge is 2.26. The van der Waals surface area contributed by atoms with Gasteiger partial charge < -0.3 is 10.2 Å². The van der Waals surface area contributed by atoms with Crippen LogP contribution in [0.2, 0.25) is 0 Å². The molecule has 1 atom stereocenters. The Hall–Kier alpha value is -0.0800. The molecule has 0 saturated carbocycles. The summed E-state index contributed by atoms with van der Waals surface area (Å²) in [5, 5.41) is 3.66. The lowest BCUT2D eigenvalue weighted by Gasteiger charge is -2.37. The van der Waals surface area contributed by atoms with E-state index in [9.17, 15) is 0 Å². The second kappa shape index (κ2) is 8.16. The first-order valence-corrected chi connectivity index (χ1v) is 7.62. The number of rotatable bonds is 8. The van der Waals surface area contributed by atoms with Crippen LogP contribution < -0.4 is 5.32 Å². The minimum Gasteiger partial charge on any atom is -0.312 e. The number of nitrogens with one attached hydrogen (secondary N) is 1. The van der Waals surface area contributed by atoms with E-state index in [0.29, 0.717) is 11.5 Å². The van der Waals surface area contributed by atoms with Crippen LogP contribution in [0.15, 0.2) is 0 Å². The molecule has 0 aromatic carbocycles. The van der Waals surface area contributed by atoms with Gasteiger partial charge in [0.25, 0.3) is 0 Å². The molecule has 0 saturated heterocycles. The average Bonchev–Trinajstić information content (AvgIpc) is 2.13. The molecule has 1 N–H and O–H groups in total. The van der Waals surface area contributed by atoms with Crippen molar-refractivity contribution < 1.29 is 0 Å². The van der Waals surface area contributed by atoms with Gasteiger partial charge in [-0.05, 0) is 23.8 Å². The fourth-order valence-electron chi connectivity index (χ4n) is 2.41. The van der Waals surface area contributed by atoms with Crippen molar-refractivity contribution in [1.29, 1.82) is 0 Å². The van der Waals surface area contributed by atoms with E-state index in [1.807, 2.05) is 0 Å². The number of hydrogen-bond acceptors (Lipinski definition) is 2. The zero-order chi connectivity index (χ0) is 14.3. The molecular weight excluding hydrogens is 220 g/mol. The van der Waals surface area contributed by atoms with Gasteiger partial charge in [0.2, 0.25) is 0 Å². The van der Waals surface area contributed by atoms with Gasteiger partial charge >= 0.3 is 0 Å². The summed E-state index contributed by atoms with van der Waals surface area (Å²) in [4.78, 5) is 2.63. The number of hydrogen-bond donors (Lipinski definition) is 1. The molecule has 0 spiro atoms. The van der Waals surface area contributed by atoms with Crippen molar-refractivity contribution in [2.75, 3.05) is 26.2 Å². The van der Waals surface area contributed by atoms with Crippen molar-refractivity contribution in [1.82, 2.24) is 10.2 Å². The molecular formula is C16H36N2. The molecule has 0 amide bonds. The molecule has 0 aromatic heterocycles. The summed E-state index contributed by atoms with van der Waals surface area (Å²) in [5.41, 5.74) is 0.322. The Morgan fingerprint density at radius 2 is 1.33 bits per heavy atom. The second-order valence-corrected chi connectivity index (χ2v) is 7.48. The molecule has 0 heterocycles. The molecule has 0 rings (SSSR count). The van der Waals surface area contributed by atoms with Crippen LogP contribution in [-0.4, -0.2) is 37.1 Å². The minimum atomic E-state index is 0.322. The van der Waals surface area contributed by atoms with Crippen molar-refractivity contribution in [3.05, 3.63) is 0 Å². The predicted octanol–water partition coefficient (Wildman–Crippen LogP) is 3.62. The lowest BCUT2D eigenvalue weighted by molar-refractivity contribution is 0.150. The quantitative estimate of drug-likeness (QED) is 0.713. The van der Waals surface area contributed by atoms with E-state index in [2.05, 4.69) is 65.6 Å². The monoisotopic (exact) mass is 256 g/mol. The summed E-state index contributed by atoms with van der Waals surface area (Å²) in [6, 6.07) is 0.569. The Bertz CT molecular complexity index is 194. The van der Waals surface area contributed by atoms with Gasteiger partial charge in [-0.2, -0.15) is 0 Å². The predicted molar refractivity (Wildman–Crippen MR) is 83.0 cm³/mol. The zero-order valence-electron chi connectivity index (χ0n) is 14.0. The van der Waals surface area contributed by atoms with Crippen molar-refractivity contribution in [3.63, 3.8) is 0 Å². The molecule has 110 valence electrons. The smallest absolute Gasteiger partial charge is 0.0243 e. The fourth-order valence-corrected chi connectivity index (χ4v) is 2.41. The second-order valence-electron chi connectivity index (χ2n) is 7.48. The SMILES string of the molecule is CCNC(CN(CC(C)C)CC(C)C)C(C)(C)C. The van der Waals surface area contributed by atoms with Crippen molar-refractivity contribution >= 4 is 0 Å². The summed E-state index contributed by atoms with van der Waals surface area (Å²) in [6.07, 6.45) is 0. The molecule has 0 aliphatic heterocycles. The van der Waals surface area contributed by atoms with E-state index in [-0.39, 0.29) is 0 Å². The van der Waals surface area contributed by atoms with E-state index in [1.165, 1.54) is 13.1 Å². The van der Waals surface area contributed by atoms with Gasteiger partial charge in [-0.3, -0.25) is 0 Å². The van der Waals surface area contributed by atoms with Gasteiger partial charge in [0.05, 0.1) is 0 Å². The first-order valence-electron chi connectivity index (χ1n) is 7.62. The van der Waals surface area contributed by atoms with E-state index < -0.39 is 0 Å². The third-order valence-corrected chi connectivity index (χ3v) is 3.18. The molecule has 0 aromatic rings. The summed E-state index contributed by atoms with van der Waals surface area (Å²) >= 11 is 0. The maximum Gasteiger partial charge on any atom is 0.0243 e. The molecule has 0 fully saturated rings. The minimum absolute atomic E-state index is 0.322. The highest BCUT2D eigenvalue weighted by Crippen LogP contribution is 2.21. The third kappa shape index (κ3) is 8.10. The van der Waals surface area contributed by atoms with Crippen molar-refractivity contribution in [2.24, 2.45) is 17.3 Å². The molecule has 2 nitrogen and oxygen atoms in total. The van der Waals surface area contributed by atoms with Gasteiger partial charge in [-0.15, -0.1) is 0 Å². The summed E-state index contributed by atoms with van der Waals surface area (Å²) in [5.74, 6) is 1.48. The first-order chi connectivity index (χ1) is 8.16. The maximum absolute atomic E-state index is 3.66. The molecule has 1 unspecified atom stereocenters. The van der Waals surface area contributed by atoms with Gasteiger partial charge in [0, 0.05) is 25.7 Å². The highest BCUT2D eigenvalue weighted by molar-refractivity contribution is 4.83. The first kappa shape index (κ1) is 17.9. The van der Waals surface area contributed by atoms with Crippen LogP contribution in [0.3, 0.4) is 0 Å². The normalized spacial score (nSPS) is 14.8. The number of nitrogens with zero attached hydrogens (tertiary/aromatic N) is 1. The summed E-state index contributed by atoms with van der Waals surface area (Å²) in [6.45, 7) is 23.1. The molecule has 18 heavy (non-hydrogen) atoms. The molecule has 0 radical (unpaired) electrons. The van der Waals surface area contributed by atoms with Gasteiger partial charge in [0.15, 0.2) is 0 Å². The van der Waals surface area contributed by atoms with Crippen molar-refractivity contribution in [2.45, 2.75) is 61.4 Å². The topological polar surface area (TPSA) is 15.3 Å². The Morgan fingerprint density at radius 1 is 0.889 bits per heavy atom. The van der Waals surface area contributed by atoms with Crippen LogP contribution >= 0.6 is 0 Å². The van der Waals surface area contributed by atoms with Crippen LogP contribution in [-0.2, 0) is 0 Å². The Kier molecular flexibility index (Phi) is 8.13. The van der Waals surface area contributed by atoms with Gasteiger partial charge in [0.1, 0.15) is 0 Å². The maximum atomic E-state index is 3.66. The molecule has 0 aliphatic carbocycles. The van der Waals surface area contributed by atoms with Crippen LogP contribution in [0.4, 0.5) is 0 Å². The summed E-state index contributed by atoms with van der Waals surface area (Å²) in [7, 11) is 0. The molecule has 0 aliphatic rings. The van der Waals surface area contributed by atoms with Crippen LogP contribution in [0.25, 0.3) is 0 Å². The average molecular weight is 256 g/mol. The highest BCUT2D eigenvalue weighted by atomic mass is 15.2. The van der Waals surface area contributed by atoms with Crippen LogP contribution in [0, 0.1) is 17.3 Å². The van der Waals surface area contributed by atoms with E-state index in [1.54, 1.807) is 0 Å². The van der Waals surface area contributed by atoms with Crippen LogP contribution in [0.1, 0.15) is 55.4 Å².